The lowest BCUT2D eigenvalue weighted by atomic mass is 9.84. The maximum atomic E-state index is 13.1. The highest BCUT2D eigenvalue weighted by atomic mass is 19.1. The summed E-state index contributed by atoms with van der Waals surface area (Å²) in [6.07, 6.45) is 1.38. The largest absolute Gasteiger partial charge is 0.377 e. The van der Waals surface area contributed by atoms with Crippen molar-refractivity contribution >= 4 is 23.2 Å². The molecule has 0 saturated carbocycles. The lowest BCUT2D eigenvalue weighted by Gasteiger charge is -2.23. The van der Waals surface area contributed by atoms with Crippen molar-refractivity contribution in [1.82, 2.24) is 5.32 Å². The van der Waals surface area contributed by atoms with Gasteiger partial charge in [0.2, 0.25) is 5.91 Å². The van der Waals surface area contributed by atoms with Gasteiger partial charge in [0.15, 0.2) is 0 Å². The zero-order valence-electron chi connectivity index (χ0n) is 19.4. The Morgan fingerprint density at radius 1 is 1.06 bits per heavy atom. The smallest absolute Gasteiger partial charge is 0.253 e. The van der Waals surface area contributed by atoms with Crippen molar-refractivity contribution in [2.45, 2.75) is 47.1 Å². The van der Waals surface area contributed by atoms with E-state index in [9.17, 15) is 14.0 Å². The van der Waals surface area contributed by atoms with Gasteiger partial charge in [-0.15, -0.1) is 0 Å². The van der Waals surface area contributed by atoms with Crippen LogP contribution in [0.5, 0.6) is 0 Å². The van der Waals surface area contributed by atoms with Crippen LogP contribution in [-0.4, -0.2) is 25.9 Å². The van der Waals surface area contributed by atoms with Crippen molar-refractivity contribution < 1.29 is 14.0 Å². The van der Waals surface area contributed by atoms with E-state index in [0.29, 0.717) is 17.7 Å². The quantitative estimate of drug-likeness (QED) is 0.607. The van der Waals surface area contributed by atoms with Crippen molar-refractivity contribution in [3.05, 3.63) is 59.4 Å². The van der Waals surface area contributed by atoms with Crippen LogP contribution in [0, 0.1) is 17.2 Å². The Hall–Kier alpha value is -2.89. The standard InChI is InChI=1S/C25H34FN3O2/c1-17(15-25(2,3)4)13-23(30)28-20-11-12-22(29(5)6)21(14-20)24(31)27-16-18-7-9-19(26)10-8-18/h7-12,14,17H,13,15-16H2,1-6H3,(H,27,31)(H,28,30). The molecule has 0 aliphatic rings. The van der Waals surface area contributed by atoms with Gasteiger partial charge >= 0.3 is 0 Å². The summed E-state index contributed by atoms with van der Waals surface area (Å²) in [5.74, 6) is -0.373. The number of carbonyl (C=O) groups excluding carboxylic acids is 2. The first-order valence-corrected chi connectivity index (χ1v) is 10.6. The molecule has 0 fully saturated rings. The fourth-order valence-electron chi connectivity index (χ4n) is 3.71. The van der Waals surface area contributed by atoms with Crippen LogP contribution < -0.4 is 15.5 Å². The molecule has 5 nitrogen and oxygen atoms in total. The summed E-state index contributed by atoms with van der Waals surface area (Å²) in [5, 5.41) is 5.79. The molecule has 6 heteroatoms. The molecule has 2 N–H and O–H groups in total. The van der Waals surface area contributed by atoms with Crippen LogP contribution in [0.4, 0.5) is 15.8 Å². The first kappa shape index (κ1) is 24.4. The third kappa shape index (κ3) is 8.04. The number of anilines is 2. The van der Waals surface area contributed by atoms with Crippen LogP contribution in [0.1, 0.15) is 56.5 Å². The van der Waals surface area contributed by atoms with Gasteiger partial charge in [-0.25, -0.2) is 4.39 Å². The van der Waals surface area contributed by atoms with Crippen LogP contribution in [0.15, 0.2) is 42.5 Å². The first-order valence-electron chi connectivity index (χ1n) is 10.6. The summed E-state index contributed by atoms with van der Waals surface area (Å²) in [6.45, 7) is 8.86. The summed E-state index contributed by atoms with van der Waals surface area (Å²) in [6, 6.07) is 11.3. The van der Waals surface area contributed by atoms with Crippen molar-refractivity contribution in [2.24, 2.45) is 11.3 Å². The van der Waals surface area contributed by atoms with Crippen LogP contribution in [0.2, 0.25) is 0 Å². The van der Waals surface area contributed by atoms with E-state index in [1.54, 1.807) is 24.3 Å². The summed E-state index contributed by atoms with van der Waals surface area (Å²) in [5.41, 5.74) is 2.77. The topological polar surface area (TPSA) is 61.4 Å². The van der Waals surface area contributed by atoms with Gasteiger partial charge in [0.1, 0.15) is 5.82 Å². The third-order valence-corrected chi connectivity index (χ3v) is 4.87. The average molecular weight is 428 g/mol. The molecule has 2 aromatic carbocycles. The summed E-state index contributed by atoms with van der Waals surface area (Å²) < 4.78 is 13.1. The van der Waals surface area contributed by atoms with Gasteiger partial charge in [-0.05, 0) is 53.6 Å². The molecule has 0 heterocycles. The van der Waals surface area contributed by atoms with Gasteiger partial charge in [-0.1, -0.05) is 39.8 Å². The zero-order valence-corrected chi connectivity index (χ0v) is 19.4. The molecule has 2 rings (SSSR count). The molecule has 2 amide bonds. The molecule has 0 aliphatic carbocycles. The molecule has 0 aromatic heterocycles. The van der Waals surface area contributed by atoms with Crippen LogP contribution in [0.25, 0.3) is 0 Å². The molecule has 0 radical (unpaired) electrons. The molecule has 0 aliphatic heterocycles. The molecule has 31 heavy (non-hydrogen) atoms. The first-order chi connectivity index (χ1) is 14.4. The van der Waals surface area contributed by atoms with Crippen molar-refractivity contribution in [3.63, 3.8) is 0 Å². The summed E-state index contributed by atoms with van der Waals surface area (Å²) >= 11 is 0. The second kappa shape index (κ2) is 10.4. The van der Waals surface area contributed by atoms with Gasteiger partial charge < -0.3 is 15.5 Å². The van der Waals surface area contributed by atoms with Crippen LogP contribution in [0.3, 0.4) is 0 Å². The lowest BCUT2D eigenvalue weighted by Crippen LogP contribution is -2.26. The number of hydrogen-bond acceptors (Lipinski definition) is 3. The van der Waals surface area contributed by atoms with E-state index in [1.807, 2.05) is 25.1 Å². The Balaban J connectivity index is 2.09. The molecule has 1 unspecified atom stereocenters. The predicted molar refractivity (Wildman–Crippen MR) is 125 cm³/mol. The minimum absolute atomic E-state index is 0.0629. The number of halogens is 1. The van der Waals surface area contributed by atoms with Gasteiger partial charge in [0.05, 0.1) is 5.56 Å². The average Bonchev–Trinajstić information content (AvgIpc) is 2.65. The number of nitrogens with one attached hydrogen (secondary N) is 2. The highest BCUT2D eigenvalue weighted by molar-refractivity contribution is 6.02. The minimum atomic E-state index is -0.315. The SMILES string of the molecule is CC(CC(=O)Nc1ccc(N(C)C)c(C(=O)NCc2ccc(F)cc2)c1)CC(C)(C)C. The summed E-state index contributed by atoms with van der Waals surface area (Å²) in [7, 11) is 3.72. The monoisotopic (exact) mass is 427 g/mol. The molecule has 168 valence electrons. The normalized spacial score (nSPS) is 12.2. The number of benzene rings is 2. The predicted octanol–water partition coefficient (Wildman–Crippen LogP) is 5.22. The fraction of sp³-hybridized carbons (Fsp3) is 0.440. The van der Waals surface area contributed by atoms with Crippen molar-refractivity contribution in [3.8, 4) is 0 Å². The Bertz CT molecular complexity index is 902. The van der Waals surface area contributed by atoms with Gasteiger partial charge in [-0.2, -0.15) is 0 Å². The van der Waals surface area contributed by atoms with E-state index in [-0.39, 0.29) is 35.5 Å². The van der Waals surface area contributed by atoms with Crippen LogP contribution >= 0.6 is 0 Å². The molecule has 1 atom stereocenters. The Morgan fingerprint density at radius 2 is 1.71 bits per heavy atom. The fourth-order valence-corrected chi connectivity index (χ4v) is 3.71. The highest BCUT2D eigenvalue weighted by Gasteiger charge is 2.19. The maximum absolute atomic E-state index is 13.1. The maximum Gasteiger partial charge on any atom is 0.253 e. The Morgan fingerprint density at radius 3 is 2.29 bits per heavy atom. The van der Waals surface area contributed by atoms with E-state index in [1.165, 1.54) is 12.1 Å². The second-order valence-electron chi connectivity index (χ2n) is 9.56. The number of amides is 2. The Labute approximate surface area is 185 Å². The van der Waals surface area contributed by atoms with E-state index in [2.05, 4.69) is 38.3 Å². The summed E-state index contributed by atoms with van der Waals surface area (Å²) in [4.78, 5) is 27.2. The minimum Gasteiger partial charge on any atom is -0.377 e. The van der Waals surface area contributed by atoms with Crippen molar-refractivity contribution in [2.75, 3.05) is 24.3 Å². The molecule has 0 bridgehead atoms. The molecule has 2 aromatic rings. The zero-order chi connectivity index (χ0) is 23.2. The van der Waals surface area contributed by atoms with E-state index < -0.39 is 0 Å². The molecular weight excluding hydrogens is 393 g/mol. The van der Waals surface area contributed by atoms with E-state index in [4.69, 9.17) is 0 Å². The van der Waals surface area contributed by atoms with E-state index in [0.717, 1.165) is 17.7 Å². The number of hydrogen-bond donors (Lipinski definition) is 2. The number of nitrogens with zero attached hydrogens (tertiary/aromatic N) is 1. The third-order valence-electron chi connectivity index (χ3n) is 4.87. The van der Waals surface area contributed by atoms with Gasteiger partial charge in [-0.3, -0.25) is 9.59 Å². The lowest BCUT2D eigenvalue weighted by molar-refractivity contribution is -0.117. The molecule has 0 saturated heterocycles. The van der Waals surface area contributed by atoms with E-state index >= 15 is 0 Å². The van der Waals surface area contributed by atoms with Gasteiger partial charge in [0.25, 0.3) is 5.91 Å². The van der Waals surface area contributed by atoms with Crippen molar-refractivity contribution in [1.29, 1.82) is 0 Å². The highest BCUT2D eigenvalue weighted by Crippen LogP contribution is 2.27. The number of carbonyl (C=O) groups is 2. The van der Waals surface area contributed by atoms with Crippen LogP contribution in [-0.2, 0) is 11.3 Å². The van der Waals surface area contributed by atoms with Gasteiger partial charge in [0, 0.05) is 38.4 Å². The number of rotatable bonds is 8. The molecular formula is C25H34FN3O2. The second-order valence-corrected chi connectivity index (χ2v) is 9.56. The Kier molecular flexibility index (Phi) is 8.20. The molecule has 0 spiro atoms.